The first kappa shape index (κ1) is 17.0. The van der Waals surface area contributed by atoms with E-state index in [4.69, 9.17) is 0 Å². The molecule has 21 heavy (non-hydrogen) atoms. The molecule has 2 saturated carbocycles. The van der Waals surface area contributed by atoms with E-state index < -0.39 is 6.08 Å². The molecule has 2 aliphatic rings. The summed E-state index contributed by atoms with van der Waals surface area (Å²) in [6.07, 6.45) is 15.3. The number of rotatable bonds is 6. The van der Waals surface area contributed by atoms with E-state index in [-0.39, 0.29) is 5.92 Å². The Kier molecular flexibility index (Phi) is 7.19. The Balaban J connectivity index is 1.59. The Morgan fingerprint density at radius 1 is 0.762 bits per heavy atom. The first-order valence-corrected chi connectivity index (χ1v) is 9.20. The minimum atomic E-state index is -1.48. The fourth-order valence-electron chi connectivity index (χ4n) is 4.51. The van der Waals surface area contributed by atoms with Crippen molar-refractivity contribution in [2.45, 2.75) is 84.0 Å². The van der Waals surface area contributed by atoms with Gasteiger partial charge in [-0.05, 0) is 55.4 Å². The standard InChI is InChI=1S/C19H32F2/c1-2-3-15-4-6-16(7-5-15)8-9-17-10-12-18(13-11-17)14-19(20)21/h14-18H,2-13H2,1H3. The maximum absolute atomic E-state index is 12.3. The summed E-state index contributed by atoms with van der Waals surface area (Å²) < 4.78 is 24.5. The molecule has 2 aliphatic carbocycles. The fraction of sp³-hybridized carbons (Fsp3) is 0.895. The number of halogens is 2. The van der Waals surface area contributed by atoms with E-state index in [0.29, 0.717) is 0 Å². The predicted molar refractivity (Wildman–Crippen MR) is 85.3 cm³/mol. The summed E-state index contributed by atoms with van der Waals surface area (Å²) in [6.45, 7) is 2.30. The monoisotopic (exact) mass is 298 g/mol. The van der Waals surface area contributed by atoms with Crippen molar-refractivity contribution in [3.63, 3.8) is 0 Å². The van der Waals surface area contributed by atoms with Crippen LogP contribution >= 0.6 is 0 Å². The number of hydrogen-bond acceptors (Lipinski definition) is 0. The summed E-state index contributed by atoms with van der Waals surface area (Å²) in [5, 5.41) is 0. The molecule has 2 fully saturated rings. The van der Waals surface area contributed by atoms with Crippen LogP contribution in [0.1, 0.15) is 84.0 Å². The van der Waals surface area contributed by atoms with E-state index in [1.165, 1.54) is 70.3 Å². The van der Waals surface area contributed by atoms with Crippen molar-refractivity contribution in [2.75, 3.05) is 0 Å². The summed E-state index contributed by atoms with van der Waals surface area (Å²) >= 11 is 0. The molecule has 0 nitrogen and oxygen atoms in total. The number of hydrogen-bond donors (Lipinski definition) is 0. The van der Waals surface area contributed by atoms with Crippen molar-refractivity contribution < 1.29 is 8.78 Å². The Labute approximate surface area is 129 Å². The van der Waals surface area contributed by atoms with Crippen molar-refractivity contribution in [2.24, 2.45) is 23.7 Å². The Hall–Kier alpha value is -0.400. The third-order valence-corrected chi connectivity index (χ3v) is 5.90. The largest absolute Gasteiger partial charge is 0.266 e. The second-order valence-corrected chi connectivity index (χ2v) is 7.49. The molecular formula is C19H32F2. The lowest BCUT2D eigenvalue weighted by Crippen LogP contribution is -2.17. The van der Waals surface area contributed by atoms with Gasteiger partial charge in [0.1, 0.15) is 0 Å². The van der Waals surface area contributed by atoms with Crippen LogP contribution in [0.5, 0.6) is 0 Å². The molecular weight excluding hydrogens is 266 g/mol. The summed E-state index contributed by atoms with van der Waals surface area (Å²) in [7, 11) is 0. The average molecular weight is 298 g/mol. The quantitative estimate of drug-likeness (QED) is 0.497. The second kappa shape index (κ2) is 8.90. The fourth-order valence-corrected chi connectivity index (χ4v) is 4.51. The van der Waals surface area contributed by atoms with Crippen LogP contribution in [-0.2, 0) is 0 Å². The van der Waals surface area contributed by atoms with Crippen molar-refractivity contribution >= 4 is 0 Å². The highest BCUT2D eigenvalue weighted by Gasteiger charge is 2.24. The van der Waals surface area contributed by atoms with Gasteiger partial charge in [-0.1, -0.05) is 58.3 Å². The minimum Gasteiger partial charge on any atom is -0.174 e. The molecule has 0 saturated heterocycles. The highest BCUT2D eigenvalue weighted by atomic mass is 19.3. The molecule has 0 spiro atoms. The molecule has 0 aromatic carbocycles. The molecule has 0 aromatic rings. The molecule has 0 atom stereocenters. The second-order valence-electron chi connectivity index (χ2n) is 7.49. The lowest BCUT2D eigenvalue weighted by Gasteiger charge is -2.31. The Morgan fingerprint density at radius 3 is 1.62 bits per heavy atom. The molecule has 0 heterocycles. The van der Waals surface area contributed by atoms with Gasteiger partial charge in [0, 0.05) is 0 Å². The van der Waals surface area contributed by atoms with Crippen LogP contribution in [-0.4, -0.2) is 0 Å². The topological polar surface area (TPSA) is 0 Å². The van der Waals surface area contributed by atoms with Gasteiger partial charge in [0.25, 0.3) is 6.08 Å². The smallest absolute Gasteiger partial charge is 0.174 e. The molecule has 0 amide bonds. The zero-order valence-corrected chi connectivity index (χ0v) is 13.6. The van der Waals surface area contributed by atoms with Crippen LogP contribution in [0.4, 0.5) is 8.78 Å². The SMILES string of the molecule is CCCC1CCC(CCC2CCC(C=C(F)F)CC2)CC1. The third kappa shape index (κ3) is 6.08. The van der Waals surface area contributed by atoms with E-state index in [1.807, 2.05) is 0 Å². The molecule has 0 radical (unpaired) electrons. The van der Waals surface area contributed by atoms with E-state index in [0.717, 1.165) is 30.6 Å². The average Bonchev–Trinajstić information content (AvgIpc) is 2.48. The highest BCUT2D eigenvalue weighted by Crippen LogP contribution is 2.38. The molecule has 2 rings (SSSR count). The lowest BCUT2D eigenvalue weighted by molar-refractivity contribution is 0.220. The van der Waals surface area contributed by atoms with E-state index >= 15 is 0 Å². The molecule has 0 unspecified atom stereocenters. The first-order chi connectivity index (χ1) is 10.2. The first-order valence-electron chi connectivity index (χ1n) is 9.20. The van der Waals surface area contributed by atoms with Crippen LogP contribution in [0.2, 0.25) is 0 Å². The summed E-state index contributed by atoms with van der Waals surface area (Å²) in [6, 6.07) is 0. The van der Waals surface area contributed by atoms with E-state index in [9.17, 15) is 8.78 Å². The highest BCUT2D eigenvalue weighted by molar-refractivity contribution is 4.90. The van der Waals surface area contributed by atoms with Gasteiger partial charge in [-0.15, -0.1) is 0 Å². The Bertz CT molecular complexity index is 304. The lowest BCUT2D eigenvalue weighted by atomic mass is 9.75. The summed E-state index contributed by atoms with van der Waals surface area (Å²) in [4.78, 5) is 0. The van der Waals surface area contributed by atoms with Crippen LogP contribution in [0.25, 0.3) is 0 Å². The summed E-state index contributed by atoms with van der Waals surface area (Å²) in [5.74, 6) is 2.92. The zero-order chi connectivity index (χ0) is 15.1. The van der Waals surface area contributed by atoms with E-state index in [2.05, 4.69) is 6.92 Å². The minimum absolute atomic E-state index is 0.149. The van der Waals surface area contributed by atoms with Crippen molar-refractivity contribution in [1.29, 1.82) is 0 Å². The molecule has 0 aliphatic heterocycles. The van der Waals surface area contributed by atoms with Crippen LogP contribution in [0, 0.1) is 23.7 Å². The van der Waals surface area contributed by atoms with Crippen molar-refractivity contribution in [3.8, 4) is 0 Å². The molecule has 0 aromatic heterocycles. The van der Waals surface area contributed by atoms with Gasteiger partial charge in [-0.3, -0.25) is 0 Å². The van der Waals surface area contributed by atoms with Gasteiger partial charge < -0.3 is 0 Å². The molecule has 0 N–H and O–H groups in total. The molecule has 122 valence electrons. The zero-order valence-electron chi connectivity index (χ0n) is 13.6. The maximum Gasteiger partial charge on any atom is 0.266 e. The molecule has 0 bridgehead atoms. The van der Waals surface area contributed by atoms with Crippen molar-refractivity contribution in [1.82, 2.24) is 0 Å². The van der Waals surface area contributed by atoms with Crippen LogP contribution in [0.3, 0.4) is 0 Å². The van der Waals surface area contributed by atoms with E-state index in [1.54, 1.807) is 0 Å². The van der Waals surface area contributed by atoms with Gasteiger partial charge in [0.05, 0.1) is 0 Å². The third-order valence-electron chi connectivity index (χ3n) is 5.90. The summed E-state index contributed by atoms with van der Waals surface area (Å²) in [5.41, 5.74) is 0. The number of allylic oxidation sites excluding steroid dienone is 1. The maximum atomic E-state index is 12.3. The van der Waals surface area contributed by atoms with Crippen LogP contribution in [0.15, 0.2) is 12.2 Å². The van der Waals surface area contributed by atoms with Crippen LogP contribution < -0.4 is 0 Å². The van der Waals surface area contributed by atoms with Gasteiger partial charge in [-0.25, -0.2) is 0 Å². The van der Waals surface area contributed by atoms with Gasteiger partial charge in [-0.2, -0.15) is 8.78 Å². The van der Waals surface area contributed by atoms with Crippen molar-refractivity contribution in [3.05, 3.63) is 12.2 Å². The molecule has 2 heteroatoms. The van der Waals surface area contributed by atoms with Gasteiger partial charge >= 0.3 is 0 Å². The van der Waals surface area contributed by atoms with Gasteiger partial charge in [0.15, 0.2) is 0 Å². The van der Waals surface area contributed by atoms with Gasteiger partial charge in [0.2, 0.25) is 0 Å². The predicted octanol–water partition coefficient (Wildman–Crippen LogP) is 6.96. The normalized spacial score (nSPS) is 33.7. The Morgan fingerprint density at radius 2 is 1.19 bits per heavy atom.